The van der Waals surface area contributed by atoms with E-state index in [-0.39, 0.29) is 5.91 Å². The Morgan fingerprint density at radius 2 is 1.96 bits per heavy atom. The zero-order valence-corrected chi connectivity index (χ0v) is 14.1. The summed E-state index contributed by atoms with van der Waals surface area (Å²) >= 11 is 1.11. The molecule has 0 bridgehead atoms. The molecule has 1 aliphatic rings. The van der Waals surface area contributed by atoms with Crippen molar-refractivity contribution in [3.05, 3.63) is 40.4 Å². The smallest absolute Gasteiger partial charge is 0.333 e. The second-order valence-corrected chi connectivity index (χ2v) is 7.01. The fourth-order valence-corrected chi connectivity index (χ4v) is 3.57. The highest BCUT2D eigenvalue weighted by atomic mass is 32.1. The fourth-order valence-electron chi connectivity index (χ4n) is 2.60. The van der Waals surface area contributed by atoms with E-state index in [9.17, 15) is 23.2 Å². The molecular formula is C17H14F3N3OS. The maximum absolute atomic E-state index is 12.6. The lowest BCUT2D eigenvalue weighted by atomic mass is 9.78. The molecular weight excluding hydrogens is 351 g/mol. The van der Waals surface area contributed by atoms with Crippen molar-refractivity contribution in [1.29, 1.82) is 5.26 Å². The maximum Gasteiger partial charge on any atom is 0.416 e. The zero-order chi connectivity index (χ0) is 18.2. The molecule has 130 valence electrons. The van der Waals surface area contributed by atoms with Gasteiger partial charge in [-0.05, 0) is 38.3 Å². The third kappa shape index (κ3) is 3.37. The number of carbonyl (C=O) groups is 1. The SMILES string of the molecule is Cc1nc(-c2ccc(C(F)(F)F)cc2)sc1C(=O)NC1(C#N)CCC1. The minimum atomic E-state index is -4.39. The molecule has 4 nitrogen and oxygen atoms in total. The quantitative estimate of drug-likeness (QED) is 0.881. The molecule has 1 aromatic heterocycles. The first-order chi connectivity index (χ1) is 11.7. The summed E-state index contributed by atoms with van der Waals surface area (Å²) in [5.74, 6) is -0.366. The molecule has 1 aliphatic carbocycles. The number of nitrogens with one attached hydrogen (secondary N) is 1. The Bertz CT molecular complexity index is 846. The number of carbonyl (C=O) groups excluding carboxylic acids is 1. The summed E-state index contributed by atoms with van der Waals surface area (Å²) in [6.07, 6.45) is -2.25. The molecule has 0 atom stereocenters. The highest BCUT2D eigenvalue weighted by Gasteiger charge is 2.39. The first-order valence-electron chi connectivity index (χ1n) is 7.63. The number of aromatic nitrogens is 1. The van der Waals surface area contributed by atoms with Gasteiger partial charge in [0.2, 0.25) is 0 Å². The van der Waals surface area contributed by atoms with Gasteiger partial charge < -0.3 is 5.32 Å². The minimum Gasteiger partial charge on any atom is -0.333 e. The molecule has 25 heavy (non-hydrogen) atoms. The highest BCUT2D eigenvalue weighted by Crippen LogP contribution is 2.34. The van der Waals surface area contributed by atoms with E-state index in [2.05, 4.69) is 16.4 Å². The second-order valence-electron chi connectivity index (χ2n) is 6.01. The van der Waals surface area contributed by atoms with Crippen LogP contribution in [0.1, 0.15) is 40.2 Å². The van der Waals surface area contributed by atoms with E-state index in [1.165, 1.54) is 12.1 Å². The fraction of sp³-hybridized carbons (Fsp3) is 0.353. The van der Waals surface area contributed by atoms with Crippen LogP contribution in [-0.2, 0) is 6.18 Å². The van der Waals surface area contributed by atoms with Crippen molar-refractivity contribution in [2.75, 3.05) is 0 Å². The van der Waals surface area contributed by atoms with E-state index in [4.69, 9.17) is 0 Å². The van der Waals surface area contributed by atoms with E-state index >= 15 is 0 Å². The highest BCUT2D eigenvalue weighted by molar-refractivity contribution is 7.17. The molecule has 0 radical (unpaired) electrons. The summed E-state index contributed by atoms with van der Waals surface area (Å²) in [7, 11) is 0. The van der Waals surface area contributed by atoms with Crippen LogP contribution in [0.5, 0.6) is 0 Å². The first-order valence-corrected chi connectivity index (χ1v) is 8.45. The van der Waals surface area contributed by atoms with Gasteiger partial charge in [0, 0.05) is 5.56 Å². The molecule has 8 heteroatoms. The summed E-state index contributed by atoms with van der Waals surface area (Å²) in [6, 6.07) is 6.80. The Hall–Kier alpha value is -2.40. The average Bonchev–Trinajstić information content (AvgIpc) is 2.92. The number of aryl methyl sites for hydroxylation is 1. The van der Waals surface area contributed by atoms with E-state index in [1.807, 2.05) is 0 Å². The third-order valence-electron chi connectivity index (χ3n) is 4.24. The molecule has 0 unspecified atom stereocenters. The Morgan fingerprint density at radius 1 is 1.32 bits per heavy atom. The van der Waals surface area contributed by atoms with Crippen molar-refractivity contribution in [2.45, 2.75) is 37.9 Å². The number of hydrogen-bond donors (Lipinski definition) is 1. The number of hydrogen-bond acceptors (Lipinski definition) is 4. The Morgan fingerprint density at radius 3 is 2.44 bits per heavy atom. The van der Waals surface area contributed by atoms with Gasteiger partial charge in [-0.2, -0.15) is 18.4 Å². The number of amides is 1. The molecule has 2 aromatic rings. The molecule has 1 fully saturated rings. The normalized spacial score (nSPS) is 16.0. The molecule has 1 saturated carbocycles. The largest absolute Gasteiger partial charge is 0.416 e. The Balaban J connectivity index is 1.83. The van der Waals surface area contributed by atoms with Crippen molar-refractivity contribution in [3.63, 3.8) is 0 Å². The number of halogens is 3. The molecule has 0 spiro atoms. The van der Waals surface area contributed by atoms with Crippen LogP contribution in [0.4, 0.5) is 13.2 Å². The molecule has 1 amide bonds. The molecule has 0 aliphatic heterocycles. The predicted molar refractivity (Wildman–Crippen MR) is 87.0 cm³/mol. The number of benzene rings is 1. The van der Waals surface area contributed by atoms with Gasteiger partial charge in [-0.3, -0.25) is 4.79 Å². The number of thiazole rings is 1. The van der Waals surface area contributed by atoms with E-state index < -0.39 is 17.3 Å². The average molecular weight is 365 g/mol. The summed E-state index contributed by atoms with van der Waals surface area (Å²) in [5, 5.41) is 12.4. The lowest BCUT2D eigenvalue weighted by Crippen LogP contribution is -2.52. The van der Waals surface area contributed by atoms with Gasteiger partial charge in [0.25, 0.3) is 5.91 Å². The topological polar surface area (TPSA) is 65.8 Å². The zero-order valence-electron chi connectivity index (χ0n) is 13.3. The van der Waals surface area contributed by atoms with Crippen LogP contribution in [-0.4, -0.2) is 16.4 Å². The van der Waals surface area contributed by atoms with Crippen molar-refractivity contribution in [3.8, 4) is 16.6 Å². The van der Waals surface area contributed by atoms with Crippen molar-refractivity contribution in [2.24, 2.45) is 0 Å². The molecule has 3 rings (SSSR count). The van der Waals surface area contributed by atoms with Gasteiger partial charge in [-0.1, -0.05) is 12.1 Å². The molecule has 1 heterocycles. The van der Waals surface area contributed by atoms with Gasteiger partial charge in [0.1, 0.15) is 15.4 Å². The maximum atomic E-state index is 12.6. The van der Waals surface area contributed by atoms with E-state index in [0.29, 0.717) is 34.0 Å². The number of nitrogens with zero attached hydrogens (tertiary/aromatic N) is 2. The third-order valence-corrected chi connectivity index (χ3v) is 5.44. The van der Waals surface area contributed by atoms with Gasteiger partial charge in [0.15, 0.2) is 0 Å². The number of alkyl halides is 3. The predicted octanol–water partition coefficient (Wildman–Crippen LogP) is 4.31. The molecule has 0 saturated heterocycles. The summed E-state index contributed by atoms with van der Waals surface area (Å²) < 4.78 is 37.9. The van der Waals surface area contributed by atoms with Crippen molar-refractivity contribution >= 4 is 17.2 Å². The van der Waals surface area contributed by atoms with Crippen LogP contribution in [0.3, 0.4) is 0 Å². The lowest BCUT2D eigenvalue weighted by Gasteiger charge is -2.35. The van der Waals surface area contributed by atoms with E-state index in [1.54, 1.807) is 6.92 Å². The number of rotatable bonds is 3. The Kier molecular flexibility index (Phi) is 4.29. The van der Waals surface area contributed by atoms with Crippen LogP contribution in [0.25, 0.3) is 10.6 Å². The van der Waals surface area contributed by atoms with Crippen LogP contribution >= 0.6 is 11.3 Å². The number of nitriles is 1. The van der Waals surface area contributed by atoms with Crippen molar-refractivity contribution in [1.82, 2.24) is 10.3 Å². The van der Waals surface area contributed by atoms with E-state index in [0.717, 1.165) is 29.9 Å². The molecule has 1 N–H and O–H groups in total. The first kappa shape index (κ1) is 17.4. The van der Waals surface area contributed by atoms with Gasteiger partial charge in [-0.25, -0.2) is 4.98 Å². The summed E-state index contributed by atoms with van der Waals surface area (Å²) in [5.41, 5.74) is -0.533. The van der Waals surface area contributed by atoms with Crippen LogP contribution in [0.15, 0.2) is 24.3 Å². The summed E-state index contributed by atoms with van der Waals surface area (Å²) in [4.78, 5) is 17.1. The van der Waals surface area contributed by atoms with Gasteiger partial charge in [-0.15, -0.1) is 11.3 Å². The van der Waals surface area contributed by atoms with Crippen molar-refractivity contribution < 1.29 is 18.0 Å². The second kappa shape index (κ2) is 6.15. The lowest BCUT2D eigenvalue weighted by molar-refractivity contribution is -0.137. The molecule has 1 aromatic carbocycles. The van der Waals surface area contributed by atoms with Crippen LogP contribution in [0.2, 0.25) is 0 Å². The summed E-state index contributed by atoms with van der Waals surface area (Å²) in [6.45, 7) is 1.67. The standard InChI is InChI=1S/C17H14F3N3OS/c1-10-13(14(24)23-16(9-21)7-2-8-16)25-15(22-10)11-3-5-12(6-4-11)17(18,19)20/h3-6H,2,7-8H2,1H3,(H,23,24). The minimum absolute atomic E-state index is 0.366. The van der Waals surface area contributed by atoms with Gasteiger partial charge >= 0.3 is 6.18 Å². The monoisotopic (exact) mass is 365 g/mol. The van der Waals surface area contributed by atoms with Crippen LogP contribution < -0.4 is 5.32 Å². The Labute approximate surface area is 146 Å². The van der Waals surface area contributed by atoms with Crippen LogP contribution in [0, 0.1) is 18.3 Å². The van der Waals surface area contributed by atoms with Gasteiger partial charge in [0.05, 0.1) is 17.3 Å².